The van der Waals surface area contributed by atoms with Crippen molar-refractivity contribution >= 4 is 21.7 Å². The largest absolute Gasteiger partial charge is 0.457 e. The van der Waals surface area contributed by atoms with E-state index in [1.54, 1.807) is 42.5 Å². The Hall–Kier alpha value is -2.16. The Kier molecular flexibility index (Phi) is 5.17. The summed E-state index contributed by atoms with van der Waals surface area (Å²) in [6, 6.07) is 11.9. The van der Waals surface area contributed by atoms with Gasteiger partial charge < -0.3 is 4.74 Å². The highest BCUT2D eigenvalue weighted by molar-refractivity contribution is 7.85. The third-order valence-electron chi connectivity index (χ3n) is 4.20. The second-order valence-electron chi connectivity index (χ2n) is 6.04. The number of rotatable bonds is 5. The van der Waals surface area contributed by atoms with Gasteiger partial charge in [-0.2, -0.15) is 8.42 Å². The van der Waals surface area contributed by atoms with E-state index in [1.807, 2.05) is 0 Å². The fourth-order valence-electron chi connectivity index (χ4n) is 3.12. The lowest BCUT2D eigenvalue weighted by Gasteiger charge is -2.23. The Labute approximate surface area is 155 Å². The molecule has 2 atom stereocenters. The molecule has 0 aliphatic carbocycles. The fourth-order valence-corrected chi connectivity index (χ4v) is 3.70. The third kappa shape index (κ3) is 4.14. The summed E-state index contributed by atoms with van der Waals surface area (Å²) in [5, 5.41) is 11.7. The van der Waals surface area contributed by atoms with Crippen molar-refractivity contribution in [2.24, 2.45) is 0 Å². The Morgan fingerprint density at radius 1 is 1.15 bits per heavy atom. The summed E-state index contributed by atoms with van der Waals surface area (Å²) >= 11 is 6.09. The van der Waals surface area contributed by atoms with E-state index in [0.29, 0.717) is 27.6 Å². The highest BCUT2D eigenvalue weighted by Gasteiger charge is 2.37. The first-order chi connectivity index (χ1) is 12.2. The minimum Gasteiger partial charge on any atom is -0.457 e. The molecule has 2 aromatic rings. The molecule has 0 amide bonds. The minimum atomic E-state index is -3.71. The van der Waals surface area contributed by atoms with Crippen LogP contribution < -0.4 is 4.74 Å². The molecule has 0 fully saturated rings. The lowest BCUT2D eigenvalue weighted by Crippen LogP contribution is -2.24. The van der Waals surface area contributed by atoms with Gasteiger partial charge in [0.05, 0.1) is 18.8 Å². The number of halogens is 1. The van der Waals surface area contributed by atoms with Gasteiger partial charge in [0.25, 0.3) is 10.1 Å². The molecular weight excluding hydrogens is 382 g/mol. The number of para-hydroxylation sites is 1. The van der Waals surface area contributed by atoms with E-state index in [-0.39, 0.29) is 6.61 Å². The molecule has 1 aliphatic rings. The molecule has 0 radical (unpaired) electrons. The maximum atomic E-state index is 11.5. The maximum absolute atomic E-state index is 11.5. The Morgan fingerprint density at radius 3 is 2.54 bits per heavy atom. The van der Waals surface area contributed by atoms with E-state index in [1.165, 1.54) is 0 Å². The van der Waals surface area contributed by atoms with E-state index < -0.39 is 33.4 Å². The van der Waals surface area contributed by atoms with Gasteiger partial charge in [-0.15, -0.1) is 0 Å². The molecule has 1 aliphatic heterocycles. The number of hydrogen-bond acceptors (Lipinski definition) is 6. The second kappa shape index (κ2) is 7.22. The molecule has 2 unspecified atom stereocenters. The van der Waals surface area contributed by atoms with E-state index in [4.69, 9.17) is 20.5 Å². The molecular formula is C17H16ClNO6S. The molecule has 3 rings (SSSR count). The van der Waals surface area contributed by atoms with Crippen LogP contribution in [0.5, 0.6) is 11.5 Å². The van der Waals surface area contributed by atoms with Crippen LogP contribution >= 0.6 is 11.6 Å². The molecule has 0 saturated carbocycles. The van der Waals surface area contributed by atoms with Gasteiger partial charge in [0, 0.05) is 27.0 Å². The van der Waals surface area contributed by atoms with Crippen molar-refractivity contribution in [2.45, 2.75) is 11.8 Å². The molecule has 9 heteroatoms. The summed E-state index contributed by atoms with van der Waals surface area (Å²) < 4.78 is 33.9. The van der Waals surface area contributed by atoms with E-state index >= 15 is 0 Å². The SMILES string of the molecule is CS(=O)(=O)OCC1c2ccccc2Oc2ccc(Cl)cc2C1C[N+](=O)[O-]. The zero-order chi connectivity index (χ0) is 18.9. The summed E-state index contributed by atoms with van der Waals surface area (Å²) in [7, 11) is -3.71. The van der Waals surface area contributed by atoms with Crippen LogP contribution in [0.15, 0.2) is 42.5 Å². The summed E-state index contributed by atoms with van der Waals surface area (Å²) in [6.45, 7) is -0.646. The van der Waals surface area contributed by atoms with Gasteiger partial charge in [-0.1, -0.05) is 29.8 Å². The van der Waals surface area contributed by atoms with Crippen LogP contribution in [-0.2, 0) is 14.3 Å². The van der Waals surface area contributed by atoms with Crippen molar-refractivity contribution < 1.29 is 22.3 Å². The minimum absolute atomic E-state index is 0.232. The van der Waals surface area contributed by atoms with Crippen molar-refractivity contribution in [3.63, 3.8) is 0 Å². The monoisotopic (exact) mass is 397 g/mol. The first-order valence-electron chi connectivity index (χ1n) is 7.77. The van der Waals surface area contributed by atoms with Gasteiger partial charge in [0.1, 0.15) is 11.5 Å². The van der Waals surface area contributed by atoms with Crippen LogP contribution in [0.4, 0.5) is 0 Å². The molecule has 0 aromatic heterocycles. The Bertz CT molecular complexity index is 946. The molecule has 138 valence electrons. The predicted molar refractivity (Wildman–Crippen MR) is 96.1 cm³/mol. The predicted octanol–water partition coefficient (Wildman–Crippen LogP) is 3.57. The third-order valence-corrected chi connectivity index (χ3v) is 5.00. The lowest BCUT2D eigenvalue weighted by molar-refractivity contribution is -0.484. The van der Waals surface area contributed by atoms with Crippen molar-refractivity contribution in [2.75, 3.05) is 19.4 Å². The van der Waals surface area contributed by atoms with Crippen LogP contribution in [-0.4, -0.2) is 32.7 Å². The van der Waals surface area contributed by atoms with Gasteiger partial charge in [-0.3, -0.25) is 14.3 Å². The van der Waals surface area contributed by atoms with Crippen LogP contribution in [0, 0.1) is 10.1 Å². The van der Waals surface area contributed by atoms with E-state index in [9.17, 15) is 18.5 Å². The van der Waals surface area contributed by atoms with Crippen molar-refractivity contribution in [3.05, 3.63) is 68.7 Å². The van der Waals surface area contributed by atoms with Gasteiger partial charge >= 0.3 is 0 Å². The number of ether oxygens (including phenoxy) is 1. The summed E-state index contributed by atoms with van der Waals surface area (Å²) in [4.78, 5) is 10.9. The zero-order valence-corrected chi connectivity index (χ0v) is 15.4. The van der Waals surface area contributed by atoms with Crippen molar-refractivity contribution in [1.29, 1.82) is 0 Å². The lowest BCUT2D eigenvalue weighted by atomic mass is 9.82. The molecule has 0 spiro atoms. The summed E-state index contributed by atoms with van der Waals surface area (Å²) in [5.74, 6) is -0.297. The maximum Gasteiger partial charge on any atom is 0.264 e. The molecule has 0 saturated heterocycles. The Balaban J connectivity index is 2.16. The molecule has 7 nitrogen and oxygen atoms in total. The van der Waals surface area contributed by atoms with Gasteiger partial charge in [0.15, 0.2) is 0 Å². The van der Waals surface area contributed by atoms with Crippen molar-refractivity contribution in [1.82, 2.24) is 0 Å². The number of nitrogens with zero attached hydrogens (tertiary/aromatic N) is 1. The summed E-state index contributed by atoms with van der Waals surface area (Å²) in [6.07, 6.45) is 0.944. The molecule has 0 N–H and O–H groups in total. The van der Waals surface area contributed by atoms with Crippen molar-refractivity contribution in [3.8, 4) is 11.5 Å². The molecule has 26 heavy (non-hydrogen) atoms. The first-order valence-corrected chi connectivity index (χ1v) is 9.96. The van der Waals surface area contributed by atoms with Gasteiger partial charge in [0.2, 0.25) is 6.54 Å². The van der Waals surface area contributed by atoms with Crippen LogP contribution in [0.25, 0.3) is 0 Å². The number of hydrogen-bond donors (Lipinski definition) is 0. The Morgan fingerprint density at radius 2 is 1.85 bits per heavy atom. The molecule has 0 bridgehead atoms. The van der Waals surface area contributed by atoms with Crippen LogP contribution in [0.2, 0.25) is 5.02 Å². The van der Waals surface area contributed by atoms with Crippen LogP contribution in [0.1, 0.15) is 23.0 Å². The normalized spacial score (nSPS) is 19.0. The second-order valence-corrected chi connectivity index (χ2v) is 8.12. The first kappa shape index (κ1) is 18.6. The van der Waals surface area contributed by atoms with Gasteiger partial charge in [-0.25, -0.2) is 0 Å². The van der Waals surface area contributed by atoms with Crippen LogP contribution in [0.3, 0.4) is 0 Å². The number of nitro groups is 1. The standard InChI is InChI=1S/C17H16ClNO6S/c1-26(22,23)24-10-15-12-4-2-3-5-16(12)25-17-7-6-11(18)8-13(17)14(15)9-19(20)21/h2-8,14-15H,9-10H2,1H3. The van der Waals surface area contributed by atoms with E-state index in [2.05, 4.69) is 0 Å². The topological polar surface area (TPSA) is 95.7 Å². The highest BCUT2D eigenvalue weighted by Crippen LogP contribution is 2.47. The van der Waals surface area contributed by atoms with Gasteiger partial charge in [-0.05, 0) is 24.3 Å². The quantitative estimate of drug-likeness (QED) is 0.434. The average Bonchev–Trinajstić information content (AvgIpc) is 2.67. The number of fused-ring (bicyclic) bond motifs is 2. The smallest absolute Gasteiger partial charge is 0.264 e. The summed E-state index contributed by atoms with van der Waals surface area (Å²) in [5.41, 5.74) is 1.20. The zero-order valence-electron chi connectivity index (χ0n) is 13.8. The average molecular weight is 398 g/mol. The van der Waals surface area contributed by atoms with E-state index in [0.717, 1.165) is 6.26 Å². The highest BCUT2D eigenvalue weighted by atomic mass is 35.5. The molecule has 2 aromatic carbocycles. The molecule has 1 heterocycles. The fraction of sp³-hybridized carbons (Fsp3) is 0.294. The number of benzene rings is 2.